The van der Waals surface area contributed by atoms with Crippen molar-refractivity contribution < 1.29 is 74.8 Å². The van der Waals surface area contributed by atoms with E-state index in [1.165, 1.54) is 11.8 Å². The van der Waals surface area contributed by atoms with Gasteiger partial charge in [0.2, 0.25) is 0 Å². The molecule has 234 valence electrons. The molecule has 0 aromatic heterocycles. The van der Waals surface area contributed by atoms with Crippen molar-refractivity contribution in [2.75, 3.05) is 85.7 Å². The van der Waals surface area contributed by atoms with E-state index in [2.05, 4.69) is 0 Å². The highest BCUT2D eigenvalue weighted by atomic mass is 16.6. The van der Waals surface area contributed by atoms with Gasteiger partial charge in [-0.15, -0.1) is 0 Å². The summed E-state index contributed by atoms with van der Waals surface area (Å²) in [4.78, 5) is 11.7. The van der Waals surface area contributed by atoms with Crippen LogP contribution in [-0.4, -0.2) is 190 Å². The lowest BCUT2D eigenvalue weighted by Gasteiger charge is -2.33. The highest BCUT2D eigenvalue weighted by Crippen LogP contribution is 2.13. The van der Waals surface area contributed by atoms with Crippen LogP contribution in [0.2, 0.25) is 0 Å². The predicted octanol–water partition coefficient (Wildman–Crippen LogP) is -5.41. The molecule has 10 N–H and O–H groups in total. The molecule has 0 fully saturated rings. The fourth-order valence-corrected chi connectivity index (χ4v) is 3.25. The Balaban J connectivity index is 4.59. The molecule has 0 aliphatic carbocycles. The molecule has 16 heteroatoms. The lowest BCUT2D eigenvalue weighted by atomic mass is 9.96. The van der Waals surface area contributed by atoms with E-state index in [1.807, 2.05) is 0 Å². The number of hydrogen-bond donors (Lipinski definition) is 10. The SMILES string of the molecule is C[C@H](CO)[C@@H](O)[C@H](O)[C@@H](O)CN(CCOCCOCCOCCOCC(=O)O)C[C@H](O)[C@@H](O)[C@H](O)[C@H](O)CO. The number of aliphatic carboxylic acids is 1. The molecule has 0 bridgehead atoms. The predicted molar refractivity (Wildman–Crippen MR) is 133 cm³/mol. The Labute approximate surface area is 227 Å². The van der Waals surface area contributed by atoms with Crippen molar-refractivity contribution in [1.29, 1.82) is 0 Å². The molecule has 0 radical (unpaired) electrons. The molecule has 8 atom stereocenters. The van der Waals surface area contributed by atoms with E-state index in [4.69, 9.17) is 34.3 Å². The molecule has 0 unspecified atom stereocenters. The average molecular weight is 578 g/mol. The summed E-state index contributed by atoms with van der Waals surface area (Å²) >= 11 is 0. The van der Waals surface area contributed by atoms with E-state index < -0.39 is 74.4 Å². The Bertz CT molecular complexity index is 574. The molecule has 0 aliphatic heterocycles. The Morgan fingerprint density at radius 2 is 1.03 bits per heavy atom. The second-order valence-electron chi connectivity index (χ2n) is 9.05. The average Bonchev–Trinajstić information content (AvgIpc) is 2.92. The van der Waals surface area contributed by atoms with E-state index in [1.54, 1.807) is 0 Å². The van der Waals surface area contributed by atoms with Gasteiger partial charge < -0.3 is 70.0 Å². The summed E-state index contributed by atoms with van der Waals surface area (Å²) in [6, 6.07) is 0. The van der Waals surface area contributed by atoms with Gasteiger partial charge in [-0.1, -0.05) is 6.92 Å². The molecule has 0 aliphatic rings. The van der Waals surface area contributed by atoms with Gasteiger partial charge in [-0.25, -0.2) is 4.79 Å². The first-order chi connectivity index (χ1) is 18.5. The van der Waals surface area contributed by atoms with Crippen LogP contribution in [0, 0.1) is 5.92 Å². The molecule has 0 saturated heterocycles. The van der Waals surface area contributed by atoms with Gasteiger partial charge in [-0.3, -0.25) is 4.90 Å². The van der Waals surface area contributed by atoms with Crippen molar-refractivity contribution in [3.05, 3.63) is 0 Å². The van der Waals surface area contributed by atoms with Crippen molar-refractivity contribution >= 4 is 5.97 Å². The first kappa shape index (κ1) is 37.9. The fourth-order valence-electron chi connectivity index (χ4n) is 3.25. The highest BCUT2D eigenvalue weighted by Gasteiger charge is 2.33. The molecule has 0 amide bonds. The minimum atomic E-state index is -1.84. The van der Waals surface area contributed by atoms with Crippen molar-refractivity contribution in [2.45, 2.75) is 49.7 Å². The largest absolute Gasteiger partial charge is 0.480 e. The van der Waals surface area contributed by atoms with Gasteiger partial charge in [0.05, 0.1) is 71.2 Å². The summed E-state index contributed by atoms with van der Waals surface area (Å²) in [5.74, 6) is -1.78. The Hall–Kier alpha value is -1.09. The third-order valence-electron chi connectivity index (χ3n) is 5.72. The number of carboxylic acids is 1. The van der Waals surface area contributed by atoms with Gasteiger partial charge >= 0.3 is 5.97 Å². The molecular weight excluding hydrogens is 530 g/mol. The van der Waals surface area contributed by atoms with Crippen molar-refractivity contribution in [3.63, 3.8) is 0 Å². The zero-order valence-electron chi connectivity index (χ0n) is 22.3. The fraction of sp³-hybridized carbons (Fsp3) is 0.957. The normalized spacial score (nSPS) is 18.3. The molecule has 0 saturated carbocycles. The number of carbonyl (C=O) groups is 1. The summed E-state index contributed by atoms with van der Waals surface area (Å²) in [5.41, 5.74) is 0. The number of rotatable bonds is 26. The number of aliphatic hydroxyl groups excluding tert-OH is 9. The molecule has 16 nitrogen and oxygen atoms in total. The molecule has 39 heavy (non-hydrogen) atoms. The number of aliphatic hydroxyl groups is 9. The highest BCUT2D eigenvalue weighted by molar-refractivity contribution is 5.67. The Kier molecular flexibility index (Phi) is 22.0. The van der Waals surface area contributed by atoms with Crippen LogP contribution in [0.3, 0.4) is 0 Å². The topological polar surface area (TPSA) is 260 Å². The zero-order chi connectivity index (χ0) is 29.8. The second kappa shape index (κ2) is 22.6. The smallest absolute Gasteiger partial charge is 0.329 e. The molecule has 0 rings (SSSR count). The maximum atomic E-state index is 10.4. The maximum absolute atomic E-state index is 10.4. The van der Waals surface area contributed by atoms with Crippen LogP contribution in [0.5, 0.6) is 0 Å². The van der Waals surface area contributed by atoms with Gasteiger partial charge in [-0.2, -0.15) is 0 Å². The van der Waals surface area contributed by atoms with Gasteiger partial charge in [0.25, 0.3) is 0 Å². The summed E-state index contributed by atoms with van der Waals surface area (Å²) in [5, 5.41) is 97.0. The second-order valence-corrected chi connectivity index (χ2v) is 9.05. The molecule has 0 aromatic carbocycles. The summed E-state index contributed by atoms with van der Waals surface area (Å²) < 4.78 is 20.8. The number of ether oxygens (including phenoxy) is 4. The van der Waals surface area contributed by atoms with Crippen LogP contribution < -0.4 is 0 Å². The van der Waals surface area contributed by atoms with Crippen LogP contribution in [0.25, 0.3) is 0 Å². The van der Waals surface area contributed by atoms with Crippen LogP contribution in [0.15, 0.2) is 0 Å². The van der Waals surface area contributed by atoms with Crippen molar-refractivity contribution in [3.8, 4) is 0 Å². The molecule has 0 spiro atoms. The third kappa shape index (κ3) is 17.4. The van der Waals surface area contributed by atoms with E-state index >= 15 is 0 Å². The zero-order valence-corrected chi connectivity index (χ0v) is 22.3. The minimum Gasteiger partial charge on any atom is -0.480 e. The summed E-state index contributed by atoms with van der Waals surface area (Å²) in [6.07, 6.45) is -11.6. The van der Waals surface area contributed by atoms with E-state index in [0.29, 0.717) is 0 Å². The van der Waals surface area contributed by atoms with Gasteiger partial charge in [0.15, 0.2) is 0 Å². The van der Waals surface area contributed by atoms with E-state index in [0.717, 1.165) is 0 Å². The number of nitrogens with zero attached hydrogens (tertiary/aromatic N) is 1. The van der Waals surface area contributed by atoms with Crippen molar-refractivity contribution in [2.24, 2.45) is 5.92 Å². The number of carboxylic acid groups (broad SMARTS) is 1. The van der Waals surface area contributed by atoms with Crippen LogP contribution in [-0.2, 0) is 23.7 Å². The standard InChI is InChI=1S/C23H47NO15/c1-15(12-25)20(32)21(33)16(27)10-24(11-17(28)22(34)23(35)18(29)13-26)2-3-36-4-5-37-6-7-38-8-9-39-14-19(30)31/h15-18,20-23,25-29,32-35H,2-14H2,1H3,(H,30,31)/t15-,16+,17+,18-,20-,21-,22-,23-/m1/s1. The summed E-state index contributed by atoms with van der Waals surface area (Å²) in [6.45, 7) is 0.641. The summed E-state index contributed by atoms with van der Waals surface area (Å²) in [7, 11) is 0. The van der Waals surface area contributed by atoms with Gasteiger partial charge in [0.1, 0.15) is 31.0 Å². The van der Waals surface area contributed by atoms with Gasteiger partial charge in [0, 0.05) is 32.2 Å². The van der Waals surface area contributed by atoms with Crippen LogP contribution >= 0.6 is 0 Å². The first-order valence-corrected chi connectivity index (χ1v) is 12.7. The lowest BCUT2D eigenvalue weighted by molar-refractivity contribution is -0.142. The Morgan fingerprint density at radius 1 is 0.615 bits per heavy atom. The van der Waals surface area contributed by atoms with E-state index in [9.17, 15) is 40.5 Å². The minimum absolute atomic E-state index is 0.0732. The molecule has 0 aromatic rings. The van der Waals surface area contributed by atoms with Gasteiger partial charge in [-0.05, 0) is 0 Å². The number of hydrogen-bond acceptors (Lipinski definition) is 15. The van der Waals surface area contributed by atoms with Crippen molar-refractivity contribution in [1.82, 2.24) is 4.90 Å². The monoisotopic (exact) mass is 577 g/mol. The molecular formula is C23H47NO15. The van der Waals surface area contributed by atoms with Crippen LogP contribution in [0.4, 0.5) is 0 Å². The lowest BCUT2D eigenvalue weighted by Crippen LogP contribution is -2.53. The first-order valence-electron chi connectivity index (χ1n) is 12.7. The Morgan fingerprint density at radius 3 is 1.46 bits per heavy atom. The maximum Gasteiger partial charge on any atom is 0.329 e. The van der Waals surface area contributed by atoms with Crippen LogP contribution in [0.1, 0.15) is 6.92 Å². The molecule has 0 heterocycles. The third-order valence-corrected chi connectivity index (χ3v) is 5.72. The van der Waals surface area contributed by atoms with E-state index in [-0.39, 0.29) is 65.9 Å². The quantitative estimate of drug-likeness (QED) is 0.0430.